The molecule has 0 bridgehead atoms. The Bertz CT molecular complexity index is 470. The molecule has 2 N–H and O–H groups in total. The first-order chi connectivity index (χ1) is 10.6. The van der Waals surface area contributed by atoms with E-state index >= 15 is 0 Å². The monoisotopic (exact) mass is 329 g/mol. The lowest BCUT2D eigenvalue weighted by Gasteiger charge is -2.35. The number of unbranched alkanes of at least 4 members (excludes halogenated alkanes) is 1. The molecule has 5 nitrogen and oxygen atoms in total. The molecular formula is C16H28ClN3O2. The molecule has 1 aromatic heterocycles. The molecule has 0 amide bonds. The van der Waals surface area contributed by atoms with E-state index in [9.17, 15) is 5.11 Å². The van der Waals surface area contributed by atoms with E-state index in [2.05, 4.69) is 17.3 Å². The number of hydrogen-bond donors (Lipinski definition) is 2. The largest absolute Gasteiger partial charge is 0.396 e. The van der Waals surface area contributed by atoms with Crippen LogP contribution in [0.1, 0.15) is 43.9 Å². The third kappa shape index (κ3) is 4.22. The van der Waals surface area contributed by atoms with Gasteiger partial charge in [0.2, 0.25) is 0 Å². The standard InChI is InChI=1S/C16H28ClN3O2/c1-3-4-7-20-15(17)14(13(2)19-20)10-18-11-16(12-21)5-8-22-9-6-16/h18,21H,3-12H2,1-2H3. The van der Waals surface area contributed by atoms with Crippen LogP contribution >= 0.6 is 11.6 Å². The van der Waals surface area contributed by atoms with Crippen molar-refractivity contribution in [3.05, 3.63) is 16.4 Å². The Hall–Kier alpha value is -0.620. The lowest BCUT2D eigenvalue weighted by Crippen LogP contribution is -2.41. The Morgan fingerprint density at radius 3 is 2.77 bits per heavy atom. The van der Waals surface area contributed by atoms with E-state index in [1.165, 1.54) is 0 Å². The van der Waals surface area contributed by atoms with Crippen LogP contribution in [0.5, 0.6) is 0 Å². The molecule has 1 saturated heterocycles. The Morgan fingerprint density at radius 1 is 1.41 bits per heavy atom. The third-order valence-corrected chi connectivity index (χ3v) is 5.02. The second kappa shape index (κ2) is 8.29. The molecule has 0 spiro atoms. The van der Waals surface area contributed by atoms with Crippen molar-refractivity contribution in [1.82, 2.24) is 15.1 Å². The quantitative estimate of drug-likeness (QED) is 0.769. The maximum atomic E-state index is 9.71. The number of rotatable bonds is 8. The van der Waals surface area contributed by atoms with Crippen LogP contribution in [0.4, 0.5) is 0 Å². The van der Waals surface area contributed by atoms with E-state index < -0.39 is 0 Å². The number of aliphatic hydroxyl groups excluding tert-OH is 1. The summed E-state index contributed by atoms with van der Waals surface area (Å²) in [5.74, 6) is 0. The lowest BCUT2D eigenvalue weighted by molar-refractivity contribution is -0.0154. The summed E-state index contributed by atoms with van der Waals surface area (Å²) >= 11 is 6.45. The topological polar surface area (TPSA) is 59.3 Å². The fourth-order valence-corrected chi connectivity index (χ4v) is 3.22. The van der Waals surface area contributed by atoms with Gasteiger partial charge in [-0.2, -0.15) is 5.10 Å². The molecule has 1 aromatic rings. The third-order valence-electron chi connectivity index (χ3n) is 4.60. The maximum absolute atomic E-state index is 9.71. The van der Waals surface area contributed by atoms with Gasteiger partial charge in [0.05, 0.1) is 12.3 Å². The smallest absolute Gasteiger partial charge is 0.131 e. The van der Waals surface area contributed by atoms with Gasteiger partial charge in [-0.3, -0.25) is 4.68 Å². The number of halogens is 1. The molecule has 0 aliphatic carbocycles. The molecule has 0 atom stereocenters. The number of aromatic nitrogens is 2. The fraction of sp³-hybridized carbons (Fsp3) is 0.812. The van der Waals surface area contributed by atoms with Crippen molar-refractivity contribution in [2.75, 3.05) is 26.4 Å². The summed E-state index contributed by atoms with van der Waals surface area (Å²) in [5.41, 5.74) is 1.99. The minimum Gasteiger partial charge on any atom is -0.396 e. The normalized spacial score (nSPS) is 17.8. The molecule has 22 heavy (non-hydrogen) atoms. The zero-order chi connectivity index (χ0) is 16.0. The minimum atomic E-state index is -0.0587. The predicted molar refractivity (Wildman–Crippen MR) is 88.2 cm³/mol. The van der Waals surface area contributed by atoms with Gasteiger partial charge in [-0.1, -0.05) is 24.9 Å². The number of hydrogen-bond acceptors (Lipinski definition) is 4. The first kappa shape index (κ1) is 17.7. The number of nitrogens with zero attached hydrogens (tertiary/aromatic N) is 2. The van der Waals surface area contributed by atoms with Crippen LogP contribution in [0.2, 0.25) is 5.15 Å². The summed E-state index contributed by atoms with van der Waals surface area (Å²) in [6.45, 7) is 8.17. The van der Waals surface area contributed by atoms with Crippen LogP contribution in [0, 0.1) is 12.3 Å². The molecule has 6 heteroatoms. The van der Waals surface area contributed by atoms with Crippen molar-refractivity contribution in [3.63, 3.8) is 0 Å². The SMILES string of the molecule is CCCCn1nc(C)c(CNCC2(CO)CCOCC2)c1Cl. The van der Waals surface area contributed by atoms with Gasteiger partial charge < -0.3 is 15.2 Å². The molecule has 126 valence electrons. The Labute approximate surface area is 138 Å². The summed E-state index contributed by atoms with van der Waals surface area (Å²) in [4.78, 5) is 0. The Balaban J connectivity index is 1.92. The number of ether oxygens (including phenoxy) is 1. The summed E-state index contributed by atoms with van der Waals surface area (Å²) < 4.78 is 7.29. The highest BCUT2D eigenvalue weighted by atomic mass is 35.5. The van der Waals surface area contributed by atoms with Gasteiger partial charge in [0.1, 0.15) is 5.15 Å². The zero-order valence-electron chi connectivity index (χ0n) is 13.7. The van der Waals surface area contributed by atoms with Crippen molar-refractivity contribution in [1.29, 1.82) is 0 Å². The van der Waals surface area contributed by atoms with Crippen LogP contribution in [0.25, 0.3) is 0 Å². The van der Waals surface area contributed by atoms with E-state index in [0.29, 0.717) is 6.54 Å². The average molecular weight is 330 g/mol. The van der Waals surface area contributed by atoms with Crippen LogP contribution < -0.4 is 5.32 Å². The van der Waals surface area contributed by atoms with Crippen LogP contribution in [0.15, 0.2) is 0 Å². The van der Waals surface area contributed by atoms with Gasteiger partial charge in [-0.15, -0.1) is 0 Å². The van der Waals surface area contributed by atoms with Gasteiger partial charge in [0.15, 0.2) is 0 Å². The van der Waals surface area contributed by atoms with E-state index in [0.717, 1.165) is 68.4 Å². The minimum absolute atomic E-state index is 0.0587. The van der Waals surface area contributed by atoms with Gasteiger partial charge in [0, 0.05) is 43.8 Å². The number of nitrogens with one attached hydrogen (secondary N) is 1. The highest BCUT2D eigenvalue weighted by Crippen LogP contribution is 2.29. The molecule has 1 aliphatic rings. The van der Waals surface area contributed by atoms with Crippen molar-refractivity contribution < 1.29 is 9.84 Å². The van der Waals surface area contributed by atoms with E-state index in [1.54, 1.807) is 0 Å². The molecular weight excluding hydrogens is 302 g/mol. The summed E-state index contributed by atoms with van der Waals surface area (Å²) in [6, 6.07) is 0. The number of aryl methyl sites for hydroxylation is 2. The molecule has 0 unspecified atom stereocenters. The number of aliphatic hydroxyl groups is 1. The van der Waals surface area contributed by atoms with E-state index in [4.69, 9.17) is 16.3 Å². The molecule has 1 aliphatic heterocycles. The Kier molecular flexibility index (Phi) is 6.68. The highest BCUT2D eigenvalue weighted by molar-refractivity contribution is 6.30. The molecule has 1 fully saturated rings. The summed E-state index contributed by atoms with van der Waals surface area (Å²) in [7, 11) is 0. The van der Waals surface area contributed by atoms with Crippen molar-refractivity contribution in [2.45, 2.75) is 52.6 Å². The molecule has 0 aromatic carbocycles. The first-order valence-corrected chi connectivity index (χ1v) is 8.61. The van der Waals surface area contributed by atoms with Crippen molar-refractivity contribution >= 4 is 11.6 Å². The van der Waals surface area contributed by atoms with Crippen LogP contribution in [-0.4, -0.2) is 41.3 Å². The first-order valence-electron chi connectivity index (χ1n) is 8.23. The van der Waals surface area contributed by atoms with Gasteiger partial charge >= 0.3 is 0 Å². The Morgan fingerprint density at radius 2 is 2.14 bits per heavy atom. The fourth-order valence-electron chi connectivity index (χ4n) is 2.90. The van der Waals surface area contributed by atoms with Crippen molar-refractivity contribution in [2.24, 2.45) is 5.41 Å². The predicted octanol–water partition coefficient (Wildman–Crippen LogP) is 2.52. The maximum Gasteiger partial charge on any atom is 0.131 e. The van der Waals surface area contributed by atoms with E-state index in [1.807, 2.05) is 11.6 Å². The molecule has 0 radical (unpaired) electrons. The van der Waals surface area contributed by atoms with Gasteiger partial charge in [-0.05, 0) is 26.2 Å². The lowest BCUT2D eigenvalue weighted by atomic mass is 9.81. The van der Waals surface area contributed by atoms with Crippen LogP contribution in [0.3, 0.4) is 0 Å². The average Bonchev–Trinajstić information content (AvgIpc) is 2.81. The molecule has 2 rings (SSSR count). The summed E-state index contributed by atoms with van der Waals surface area (Å²) in [5, 5.41) is 18.4. The van der Waals surface area contributed by atoms with Gasteiger partial charge in [0.25, 0.3) is 0 Å². The second-order valence-electron chi connectivity index (χ2n) is 6.31. The van der Waals surface area contributed by atoms with Crippen LogP contribution in [-0.2, 0) is 17.8 Å². The van der Waals surface area contributed by atoms with E-state index in [-0.39, 0.29) is 12.0 Å². The zero-order valence-corrected chi connectivity index (χ0v) is 14.5. The molecule has 2 heterocycles. The van der Waals surface area contributed by atoms with Gasteiger partial charge in [-0.25, -0.2) is 0 Å². The summed E-state index contributed by atoms with van der Waals surface area (Å²) in [6.07, 6.45) is 4.02. The van der Waals surface area contributed by atoms with Crippen molar-refractivity contribution in [3.8, 4) is 0 Å². The molecule has 0 saturated carbocycles. The highest BCUT2D eigenvalue weighted by Gasteiger charge is 2.31. The second-order valence-corrected chi connectivity index (χ2v) is 6.66.